The maximum atomic E-state index is 11.1. The van der Waals surface area contributed by atoms with Gasteiger partial charge in [0.25, 0.3) is 0 Å². The summed E-state index contributed by atoms with van der Waals surface area (Å²) in [5.41, 5.74) is 1.12. The monoisotopic (exact) mass is 165 g/mol. The van der Waals surface area contributed by atoms with Gasteiger partial charge >= 0.3 is 0 Å². The summed E-state index contributed by atoms with van der Waals surface area (Å²) in [6.45, 7) is 1.92. The average molecular weight is 165 g/mol. The van der Waals surface area contributed by atoms with Crippen LogP contribution >= 0.6 is 0 Å². The molecule has 0 aromatic carbocycles. The molecule has 0 radical (unpaired) electrons. The molecule has 12 heavy (non-hydrogen) atoms. The summed E-state index contributed by atoms with van der Waals surface area (Å²) in [6, 6.07) is 0. The van der Waals surface area contributed by atoms with Crippen LogP contribution in [0.2, 0.25) is 0 Å². The Labute approximate surface area is 70.7 Å². The van der Waals surface area contributed by atoms with E-state index in [1.54, 1.807) is 0 Å². The molecule has 4 nitrogen and oxygen atoms in total. The zero-order valence-electron chi connectivity index (χ0n) is 6.76. The Morgan fingerprint density at radius 3 is 3.25 bits per heavy atom. The lowest BCUT2D eigenvalue weighted by molar-refractivity contribution is -0.118. The zero-order chi connectivity index (χ0) is 8.39. The molecule has 2 aliphatic heterocycles. The summed E-state index contributed by atoms with van der Waals surface area (Å²) >= 11 is 0. The van der Waals surface area contributed by atoms with Gasteiger partial charge in [0.05, 0.1) is 6.54 Å². The minimum atomic E-state index is -0.000880. The van der Waals surface area contributed by atoms with Gasteiger partial charge in [0.2, 0.25) is 5.91 Å². The van der Waals surface area contributed by atoms with Crippen LogP contribution in [0.3, 0.4) is 0 Å². The normalized spacial score (nSPS) is 23.2. The topological polar surface area (TPSA) is 53.5 Å². The molecular weight excluding hydrogens is 154 g/mol. The fourth-order valence-electron chi connectivity index (χ4n) is 1.38. The Balaban J connectivity index is 2.22. The second-order valence-corrected chi connectivity index (χ2v) is 2.90. The number of carbonyl (C=O) groups excluding carboxylic acids is 1. The predicted octanol–water partition coefficient (Wildman–Crippen LogP) is -0.566. The second kappa shape index (κ2) is 3.06. The van der Waals surface area contributed by atoms with Gasteiger partial charge in [0, 0.05) is 18.7 Å². The van der Waals surface area contributed by atoms with Gasteiger partial charge in [-0.2, -0.15) is 0 Å². The number of aliphatic imine (C=N–C) groups is 1. The highest BCUT2D eigenvalue weighted by atomic mass is 16.2. The molecule has 0 unspecified atom stereocenters. The van der Waals surface area contributed by atoms with Crippen LogP contribution in [0.1, 0.15) is 6.42 Å². The lowest BCUT2D eigenvalue weighted by Crippen LogP contribution is -2.33. The molecule has 2 rings (SSSR count). The highest BCUT2D eigenvalue weighted by molar-refractivity contribution is 6.09. The number of amides is 1. The van der Waals surface area contributed by atoms with Crippen LogP contribution in [0.25, 0.3) is 0 Å². The van der Waals surface area contributed by atoms with Gasteiger partial charge in [-0.25, -0.2) is 0 Å². The van der Waals surface area contributed by atoms with Crippen molar-refractivity contribution < 1.29 is 4.79 Å². The number of fused-ring (bicyclic) bond motifs is 1. The molecule has 0 spiro atoms. The molecule has 1 fully saturated rings. The molecule has 0 aromatic rings. The van der Waals surface area contributed by atoms with E-state index in [1.807, 2.05) is 0 Å². The Morgan fingerprint density at radius 2 is 2.33 bits per heavy atom. The van der Waals surface area contributed by atoms with E-state index in [-0.39, 0.29) is 5.91 Å². The molecule has 0 aromatic heterocycles. The van der Waals surface area contributed by atoms with E-state index in [0.29, 0.717) is 6.54 Å². The van der Waals surface area contributed by atoms with Crippen molar-refractivity contribution in [2.45, 2.75) is 6.42 Å². The summed E-state index contributed by atoms with van der Waals surface area (Å²) in [5.74, 6) is 0.760. The maximum absolute atomic E-state index is 11.1. The second-order valence-electron chi connectivity index (χ2n) is 2.90. The molecule has 64 valence electrons. The van der Waals surface area contributed by atoms with E-state index in [9.17, 15) is 4.79 Å². The number of nitrogens with one attached hydrogen (secondary N) is 2. The van der Waals surface area contributed by atoms with Crippen LogP contribution in [0.15, 0.2) is 16.6 Å². The van der Waals surface area contributed by atoms with Crippen molar-refractivity contribution in [2.24, 2.45) is 4.99 Å². The van der Waals surface area contributed by atoms with Gasteiger partial charge in [-0.3, -0.25) is 9.79 Å². The first-order chi connectivity index (χ1) is 5.86. The van der Waals surface area contributed by atoms with Crippen molar-refractivity contribution >= 4 is 11.7 Å². The molecule has 2 N–H and O–H groups in total. The van der Waals surface area contributed by atoms with Crippen LogP contribution in [-0.4, -0.2) is 31.4 Å². The lowest BCUT2D eigenvalue weighted by atomic mass is 10.1. The Hall–Kier alpha value is -1.16. The fourth-order valence-corrected chi connectivity index (χ4v) is 1.38. The molecule has 0 bridgehead atoms. The van der Waals surface area contributed by atoms with Crippen LogP contribution in [0, 0.1) is 0 Å². The van der Waals surface area contributed by atoms with E-state index >= 15 is 0 Å². The van der Waals surface area contributed by atoms with Crippen LogP contribution < -0.4 is 10.6 Å². The molecule has 1 saturated heterocycles. The standard InChI is InChI=1S/C8H11N3O/c12-7-5-9-4-6-2-1-3-10-8(6)11-7/h2,9H,1,3-5H2,(H,10,11,12). The molecule has 1 amide bonds. The van der Waals surface area contributed by atoms with Crippen molar-refractivity contribution in [3.63, 3.8) is 0 Å². The van der Waals surface area contributed by atoms with Crippen molar-refractivity contribution in [1.82, 2.24) is 10.6 Å². The fraction of sp³-hybridized carbons (Fsp3) is 0.500. The quantitative estimate of drug-likeness (QED) is 0.505. The first-order valence-electron chi connectivity index (χ1n) is 4.11. The van der Waals surface area contributed by atoms with E-state index in [2.05, 4.69) is 21.7 Å². The van der Waals surface area contributed by atoms with Crippen molar-refractivity contribution in [3.8, 4) is 0 Å². The average Bonchev–Trinajstić information content (AvgIpc) is 2.25. The molecule has 2 heterocycles. The summed E-state index contributed by atoms with van der Waals surface area (Å²) in [7, 11) is 0. The largest absolute Gasteiger partial charge is 0.310 e. The number of dihydropyridines is 1. The third-order valence-corrected chi connectivity index (χ3v) is 1.95. The first-order valence-corrected chi connectivity index (χ1v) is 4.11. The summed E-state index contributed by atoms with van der Waals surface area (Å²) < 4.78 is 0. The number of amidine groups is 1. The lowest BCUT2D eigenvalue weighted by Gasteiger charge is -2.11. The number of hydrogen-bond donors (Lipinski definition) is 2. The van der Waals surface area contributed by atoms with Gasteiger partial charge in [-0.15, -0.1) is 0 Å². The van der Waals surface area contributed by atoms with Gasteiger partial charge in [0.1, 0.15) is 5.84 Å². The molecule has 2 aliphatic rings. The number of carbonyl (C=O) groups is 1. The molecule has 4 heteroatoms. The number of rotatable bonds is 0. The summed E-state index contributed by atoms with van der Waals surface area (Å²) in [4.78, 5) is 15.3. The Kier molecular flexibility index (Phi) is 1.91. The van der Waals surface area contributed by atoms with E-state index in [1.165, 1.54) is 0 Å². The number of nitrogens with zero attached hydrogens (tertiary/aromatic N) is 1. The SMILES string of the molecule is O=C1CNCC2=CCCN=C2N1. The van der Waals surface area contributed by atoms with E-state index in [4.69, 9.17) is 0 Å². The third kappa shape index (κ3) is 1.38. The van der Waals surface area contributed by atoms with Gasteiger partial charge in [0.15, 0.2) is 0 Å². The van der Waals surface area contributed by atoms with Crippen molar-refractivity contribution in [1.29, 1.82) is 0 Å². The Morgan fingerprint density at radius 1 is 1.42 bits per heavy atom. The Bertz CT molecular complexity index is 267. The predicted molar refractivity (Wildman–Crippen MR) is 46.0 cm³/mol. The third-order valence-electron chi connectivity index (χ3n) is 1.95. The van der Waals surface area contributed by atoms with E-state index in [0.717, 1.165) is 30.9 Å². The molecular formula is C8H11N3O. The maximum Gasteiger partial charge on any atom is 0.239 e. The van der Waals surface area contributed by atoms with Gasteiger partial charge < -0.3 is 10.6 Å². The van der Waals surface area contributed by atoms with Crippen LogP contribution in [-0.2, 0) is 4.79 Å². The highest BCUT2D eigenvalue weighted by Crippen LogP contribution is 2.06. The minimum Gasteiger partial charge on any atom is -0.310 e. The zero-order valence-corrected chi connectivity index (χ0v) is 6.76. The molecule has 0 saturated carbocycles. The number of hydrogen-bond acceptors (Lipinski definition) is 3. The van der Waals surface area contributed by atoms with Crippen molar-refractivity contribution in [2.75, 3.05) is 19.6 Å². The van der Waals surface area contributed by atoms with E-state index < -0.39 is 0 Å². The van der Waals surface area contributed by atoms with Gasteiger partial charge in [-0.05, 0) is 6.42 Å². The van der Waals surface area contributed by atoms with Crippen molar-refractivity contribution in [3.05, 3.63) is 11.6 Å². The highest BCUT2D eigenvalue weighted by Gasteiger charge is 2.16. The first kappa shape index (κ1) is 7.49. The molecule has 0 atom stereocenters. The minimum absolute atomic E-state index is 0.000880. The van der Waals surface area contributed by atoms with Gasteiger partial charge in [-0.1, -0.05) is 6.08 Å². The summed E-state index contributed by atoms with van der Waals surface area (Å²) in [5, 5.41) is 5.80. The van der Waals surface area contributed by atoms with Crippen LogP contribution in [0.5, 0.6) is 0 Å². The van der Waals surface area contributed by atoms with Crippen LogP contribution in [0.4, 0.5) is 0 Å². The molecule has 0 aliphatic carbocycles. The smallest absolute Gasteiger partial charge is 0.239 e. The summed E-state index contributed by atoms with van der Waals surface area (Å²) in [6.07, 6.45) is 3.11.